The standard InChI is InChI=1S/C21H17ClN2O5/c1-2-23(18-9-5-7-14-6-3-4-8-16(14)18)20(25)13-29-21(26)17-12-15(22)10-11-19(17)24(27)28/h3-12H,2,13H2,1H3. The zero-order valence-corrected chi connectivity index (χ0v) is 16.3. The molecule has 0 fully saturated rings. The van der Waals surface area contributed by atoms with Crippen molar-refractivity contribution in [2.75, 3.05) is 18.1 Å². The zero-order valence-electron chi connectivity index (χ0n) is 15.5. The molecule has 0 spiro atoms. The van der Waals surface area contributed by atoms with Crippen molar-refractivity contribution in [3.05, 3.63) is 81.4 Å². The van der Waals surface area contributed by atoms with Crippen LogP contribution in [0.2, 0.25) is 5.02 Å². The number of nitrogens with zero attached hydrogens (tertiary/aromatic N) is 2. The summed E-state index contributed by atoms with van der Waals surface area (Å²) < 4.78 is 5.06. The SMILES string of the molecule is CCN(C(=O)COC(=O)c1cc(Cl)ccc1[N+](=O)[O-])c1cccc2ccccc12. The Balaban J connectivity index is 1.80. The molecule has 8 heteroatoms. The first-order chi connectivity index (χ1) is 13.9. The van der Waals surface area contributed by atoms with E-state index in [0.29, 0.717) is 12.2 Å². The van der Waals surface area contributed by atoms with Gasteiger partial charge in [0, 0.05) is 23.0 Å². The number of amides is 1. The van der Waals surface area contributed by atoms with Crippen LogP contribution in [0.4, 0.5) is 11.4 Å². The third-order valence-corrected chi connectivity index (χ3v) is 4.61. The summed E-state index contributed by atoms with van der Waals surface area (Å²) in [5, 5.41) is 13.1. The van der Waals surface area contributed by atoms with Crippen LogP contribution in [0.15, 0.2) is 60.7 Å². The van der Waals surface area contributed by atoms with Gasteiger partial charge in [-0.3, -0.25) is 14.9 Å². The largest absolute Gasteiger partial charge is 0.452 e. The third kappa shape index (κ3) is 4.35. The Morgan fingerprint density at radius 1 is 1.10 bits per heavy atom. The van der Waals surface area contributed by atoms with Gasteiger partial charge < -0.3 is 9.64 Å². The van der Waals surface area contributed by atoms with Gasteiger partial charge in [0.05, 0.1) is 10.6 Å². The number of nitro groups is 1. The highest BCUT2D eigenvalue weighted by Crippen LogP contribution is 2.27. The van der Waals surface area contributed by atoms with Crippen molar-refractivity contribution >= 4 is 45.6 Å². The Kier molecular flexibility index (Phi) is 6.09. The first kappa shape index (κ1) is 20.3. The van der Waals surface area contributed by atoms with Gasteiger partial charge in [-0.25, -0.2) is 4.79 Å². The van der Waals surface area contributed by atoms with Crippen LogP contribution < -0.4 is 4.90 Å². The normalized spacial score (nSPS) is 10.6. The lowest BCUT2D eigenvalue weighted by molar-refractivity contribution is -0.385. The van der Waals surface area contributed by atoms with Crippen molar-refractivity contribution in [3.8, 4) is 0 Å². The molecule has 0 N–H and O–H groups in total. The van der Waals surface area contributed by atoms with Crippen LogP contribution in [0.1, 0.15) is 17.3 Å². The Morgan fingerprint density at radius 3 is 2.55 bits per heavy atom. The molecule has 148 valence electrons. The number of rotatable bonds is 6. The van der Waals surface area contributed by atoms with Crippen LogP contribution in [0, 0.1) is 10.1 Å². The highest BCUT2D eigenvalue weighted by Gasteiger charge is 2.24. The van der Waals surface area contributed by atoms with E-state index in [0.717, 1.165) is 22.9 Å². The zero-order chi connectivity index (χ0) is 21.0. The fourth-order valence-corrected chi connectivity index (χ4v) is 3.21. The highest BCUT2D eigenvalue weighted by atomic mass is 35.5. The van der Waals surface area contributed by atoms with E-state index in [9.17, 15) is 19.7 Å². The maximum Gasteiger partial charge on any atom is 0.345 e. The van der Waals surface area contributed by atoms with E-state index in [1.165, 1.54) is 11.0 Å². The molecule has 1 amide bonds. The predicted octanol–water partition coefficient (Wildman–Crippen LogP) is 4.61. The Morgan fingerprint density at radius 2 is 1.83 bits per heavy atom. The molecule has 3 rings (SSSR count). The molecular formula is C21H17ClN2O5. The maximum atomic E-state index is 12.7. The number of fused-ring (bicyclic) bond motifs is 1. The number of halogens is 1. The van der Waals surface area contributed by atoms with E-state index < -0.39 is 29.1 Å². The topological polar surface area (TPSA) is 89.8 Å². The van der Waals surface area contributed by atoms with Gasteiger partial charge in [0.1, 0.15) is 5.56 Å². The Hall–Kier alpha value is -3.45. The number of hydrogen-bond donors (Lipinski definition) is 0. The molecular weight excluding hydrogens is 396 g/mol. The van der Waals surface area contributed by atoms with Crippen molar-refractivity contribution in [2.24, 2.45) is 0 Å². The molecule has 0 aliphatic carbocycles. The number of nitro benzene ring substituents is 1. The third-order valence-electron chi connectivity index (χ3n) is 4.38. The minimum Gasteiger partial charge on any atom is -0.452 e. The second-order valence-corrected chi connectivity index (χ2v) is 6.57. The number of hydrogen-bond acceptors (Lipinski definition) is 5. The van der Waals surface area contributed by atoms with Gasteiger partial charge in [0.2, 0.25) is 0 Å². The minimum absolute atomic E-state index is 0.153. The number of ether oxygens (including phenoxy) is 1. The van der Waals surface area contributed by atoms with E-state index >= 15 is 0 Å². The summed E-state index contributed by atoms with van der Waals surface area (Å²) >= 11 is 5.83. The molecule has 0 aliphatic rings. The van der Waals surface area contributed by atoms with Crippen LogP contribution in [0.25, 0.3) is 10.8 Å². The molecule has 7 nitrogen and oxygen atoms in total. The van der Waals surface area contributed by atoms with Gasteiger partial charge in [0.25, 0.3) is 11.6 Å². The monoisotopic (exact) mass is 412 g/mol. The maximum absolute atomic E-state index is 12.7. The minimum atomic E-state index is -0.985. The first-order valence-electron chi connectivity index (χ1n) is 8.81. The molecule has 0 unspecified atom stereocenters. The van der Waals surface area contributed by atoms with Crippen LogP contribution in [-0.2, 0) is 9.53 Å². The first-order valence-corrected chi connectivity index (χ1v) is 9.19. The van der Waals surface area contributed by atoms with Gasteiger partial charge in [-0.2, -0.15) is 0 Å². The lowest BCUT2D eigenvalue weighted by Gasteiger charge is -2.22. The van der Waals surface area contributed by atoms with Crippen LogP contribution >= 0.6 is 11.6 Å². The number of benzene rings is 3. The fraction of sp³-hybridized carbons (Fsp3) is 0.143. The molecule has 0 radical (unpaired) electrons. The summed E-state index contributed by atoms with van der Waals surface area (Å²) in [6.45, 7) is 1.62. The van der Waals surface area contributed by atoms with Crippen molar-refractivity contribution in [1.29, 1.82) is 0 Å². The summed E-state index contributed by atoms with van der Waals surface area (Å²) in [5.74, 6) is -1.43. The Labute approximate surface area is 171 Å². The fourth-order valence-electron chi connectivity index (χ4n) is 3.04. The molecule has 3 aromatic rings. The van der Waals surface area contributed by atoms with E-state index in [2.05, 4.69) is 0 Å². The van der Waals surface area contributed by atoms with Crippen molar-refractivity contribution in [1.82, 2.24) is 0 Å². The van der Waals surface area contributed by atoms with E-state index in [4.69, 9.17) is 16.3 Å². The summed E-state index contributed by atoms with van der Waals surface area (Å²) in [6, 6.07) is 16.8. The van der Waals surface area contributed by atoms with Gasteiger partial charge in [0.15, 0.2) is 6.61 Å². The number of likely N-dealkylation sites (N-methyl/N-ethyl adjacent to an activating group) is 1. The van der Waals surface area contributed by atoms with Crippen molar-refractivity contribution in [2.45, 2.75) is 6.92 Å². The van der Waals surface area contributed by atoms with E-state index in [1.54, 1.807) is 0 Å². The average Bonchev–Trinajstić information content (AvgIpc) is 2.72. The molecule has 0 bridgehead atoms. The number of carbonyl (C=O) groups is 2. The lowest BCUT2D eigenvalue weighted by Crippen LogP contribution is -2.34. The lowest BCUT2D eigenvalue weighted by atomic mass is 10.1. The average molecular weight is 413 g/mol. The highest BCUT2D eigenvalue weighted by molar-refractivity contribution is 6.31. The van der Waals surface area contributed by atoms with Gasteiger partial charge in [-0.1, -0.05) is 48.0 Å². The number of carbonyl (C=O) groups excluding carboxylic acids is 2. The van der Waals surface area contributed by atoms with Gasteiger partial charge in [-0.05, 0) is 30.5 Å². The second-order valence-electron chi connectivity index (χ2n) is 6.13. The molecule has 0 aliphatic heterocycles. The predicted molar refractivity (Wildman–Crippen MR) is 110 cm³/mol. The van der Waals surface area contributed by atoms with Crippen molar-refractivity contribution in [3.63, 3.8) is 0 Å². The van der Waals surface area contributed by atoms with E-state index in [-0.39, 0.29) is 10.6 Å². The van der Waals surface area contributed by atoms with Gasteiger partial charge >= 0.3 is 5.97 Å². The smallest absolute Gasteiger partial charge is 0.345 e. The second kappa shape index (κ2) is 8.70. The molecule has 3 aromatic carbocycles. The van der Waals surface area contributed by atoms with Crippen molar-refractivity contribution < 1.29 is 19.2 Å². The molecule has 0 saturated carbocycles. The number of anilines is 1. The number of esters is 1. The van der Waals surface area contributed by atoms with E-state index in [1.807, 2.05) is 49.4 Å². The summed E-state index contributed by atoms with van der Waals surface area (Å²) in [7, 11) is 0. The molecule has 0 aromatic heterocycles. The summed E-state index contributed by atoms with van der Waals surface area (Å²) in [4.78, 5) is 37.0. The Bertz CT molecular complexity index is 1090. The molecule has 29 heavy (non-hydrogen) atoms. The summed E-state index contributed by atoms with van der Waals surface area (Å²) in [6.07, 6.45) is 0. The molecule has 0 saturated heterocycles. The molecule has 0 heterocycles. The van der Waals surface area contributed by atoms with Crippen LogP contribution in [0.5, 0.6) is 0 Å². The summed E-state index contributed by atoms with van der Waals surface area (Å²) in [5.41, 5.74) is -0.0443. The van der Waals surface area contributed by atoms with Crippen LogP contribution in [0.3, 0.4) is 0 Å². The van der Waals surface area contributed by atoms with Gasteiger partial charge in [-0.15, -0.1) is 0 Å². The quantitative estimate of drug-likeness (QED) is 0.335. The van der Waals surface area contributed by atoms with Crippen LogP contribution in [-0.4, -0.2) is 30.0 Å². The molecule has 0 atom stereocenters.